The van der Waals surface area contributed by atoms with Crippen LogP contribution in [0.5, 0.6) is 11.5 Å². The summed E-state index contributed by atoms with van der Waals surface area (Å²) >= 11 is 3.04. The summed E-state index contributed by atoms with van der Waals surface area (Å²) in [6.07, 6.45) is 1.70. The van der Waals surface area contributed by atoms with Gasteiger partial charge in [0.15, 0.2) is 13.2 Å². The van der Waals surface area contributed by atoms with Crippen LogP contribution in [0.1, 0.15) is 33.0 Å². The standard InChI is InChI=1S/C36H28N6O8S2/c43-41(44)27-11-7-25(8-12-27)35-39-33(21-51-35)49-31(37-39)19-47-29-15-3-23(4-16-29)1-2-24-5-17-30(18-6-24)48-20-32-38-40-34(50-32)22-52-36(40)26-9-13-28(14-10-26)42(45)46/h3-18,21-22,35-36H,1-2,19-20H2. The van der Waals surface area contributed by atoms with E-state index in [0.717, 1.165) is 24.0 Å². The maximum absolute atomic E-state index is 11.0. The van der Waals surface area contributed by atoms with Gasteiger partial charge in [-0.3, -0.25) is 20.2 Å². The van der Waals surface area contributed by atoms with Gasteiger partial charge < -0.3 is 18.9 Å². The third-order valence-electron chi connectivity index (χ3n) is 8.43. The van der Waals surface area contributed by atoms with E-state index in [4.69, 9.17) is 18.9 Å². The third kappa shape index (κ3) is 7.11. The van der Waals surface area contributed by atoms with Gasteiger partial charge in [0.1, 0.15) is 22.2 Å². The minimum Gasteiger partial charge on any atom is -0.484 e. The zero-order valence-electron chi connectivity index (χ0n) is 27.1. The van der Waals surface area contributed by atoms with Crippen LogP contribution in [0.25, 0.3) is 0 Å². The topological polar surface area (TPSA) is 154 Å². The normalized spacial score (nSPS) is 18.4. The van der Waals surface area contributed by atoms with Gasteiger partial charge in [0.25, 0.3) is 23.2 Å². The number of hydrazone groups is 2. The molecule has 0 saturated carbocycles. The molecule has 4 aromatic carbocycles. The van der Waals surface area contributed by atoms with E-state index in [1.807, 2.05) is 59.3 Å². The summed E-state index contributed by atoms with van der Waals surface area (Å²) in [5.41, 5.74) is 4.21. The molecule has 0 fully saturated rings. The van der Waals surface area contributed by atoms with Gasteiger partial charge in [0.05, 0.1) is 9.85 Å². The maximum Gasteiger partial charge on any atom is 0.269 e. The van der Waals surface area contributed by atoms with Crippen molar-refractivity contribution in [3.05, 3.63) is 162 Å². The van der Waals surface area contributed by atoms with Crippen LogP contribution in [0.3, 0.4) is 0 Å². The summed E-state index contributed by atoms with van der Waals surface area (Å²) in [6.45, 7) is 0.327. The van der Waals surface area contributed by atoms with Crippen LogP contribution in [0, 0.1) is 20.2 Å². The van der Waals surface area contributed by atoms with Crippen molar-refractivity contribution in [3.8, 4) is 11.5 Å². The van der Waals surface area contributed by atoms with Crippen molar-refractivity contribution in [2.75, 3.05) is 13.2 Å². The number of nitro benzene ring substituents is 2. The Labute approximate surface area is 305 Å². The van der Waals surface area contributed by atoms with E-state index in [0.29, 0.717) is 35.1 Å². The van der Waals surface area contributed by atoms with E-state index < -0.39 is 9.85 Å². The zero-order chi connectivity index (χ0) is 35.6. The molecule has 2 atom stereocenters. The molecule has 0 spiro atoms. The highest BCUT2D eigenvalue weighted by atomic mass is 32.2. The van der Waals surface area contributed by atoms with E-state index in [2.05, 4.69) is 10.2 Å². The number of nitro groups is 2. The van der Waals surface area contributed by atoms with Crippen molar-refractivity contribution in [2.45, 2.75) is 23.6 Å². The molecule has 0 N–H and O–H groups in total. The van der Waals surface area contributed by atoms with Crippen molar-refractivity contribution in [1.29, 1.82) is 0 Å². The molecule has 8 rings (SSSR count). The Bertz CT molecular complexity index is 1970. The van der Waals surface area contributed by atoms with Crippen molar-refractivity contribution >= 4 is 46.7 Å². The smallest absolute Gasteiger partial charge is 0.269 e. The number of rotatable bonds is 13. The molecule has 2 unspecified atom stereocenters. The molecule has 262 valence electrons. The van der Waals surface area contributed by atoms with Crippen LogP contribution in [0.2, 0.25) is 0 Å². The number of thioether (sulfide) groups is 2. The molecule has 0 aromatic heterocycles. The SMILES string of the molecule is O=[N+]([O-])c1ccc(C2SC=C3OC(COc4ccc(CCc5ccc(OCC6=NN7C(=CSC7c7ccc([N+](=O)[O-])cc7)O6)cc5)cc4)=NN32)cc1. The van der Waals surface area contributed by atoms with Crippen LogP contribution in [-0.2, 0) is 22.3 Å². The molecule has 0 amide bonds. The number of benzene rings is 4. The Balaban J connectivity index is 0.778. The second kappa shape index (κ2) is 14.3. The lowest BCUT2D eigenvalue weighted by atomic mass is 10.0. The molecule has 0 aliphatic carbocycles. The van der Waals surface area contributed by atoms with Crippen molar-refractivity contribution < 1.29 is 28.8 Å². The number of aryl methyl sites for hydroxylation is 2. The third-order valence-corrected chi connectivity index (χ3v) is 10.6. The summed E-state index contributed by atoms with van der Waals surface area (Å²) < 4.78 is 23.6. The molecule has 4 heterocycles. The Morgan fingerprint density at radius 1 is 0.596 bits per heavy atom. The van der Waals surface area contributed by atoms with Gasteiger partial charge >= 0.3 is 0 Å². The molecule has 4 aliphatic heterocycles. The van der Waals surface area contributed by atoms with Crippen molar-refractivity contribution in [1.82, 2.24) is 10.0 Å². The number of fused-ring (bicyclic) bond motifs is 2. The van der Waals surface area contributed by atoms with Crippen LogP contribution in [0.4, 0.5) is 11.4 Å². The molecule has 4 aromatic rings. The number of hydrogen-bond donors (Lipinski definition) is 0. The molecule has 0 radical (unpaired) electrons. The van der Waals surface area contributed by atoms with Gasteiger partial charge in [-0.2, -0.15) is 0 Å². The molecule has 0 bridgehead atoms. The fraction of sp³-hybridized carbons (Fsp3) is 0.167. The fourth-order valence-electron chi connectivity index (χ4n) is 5.73. The predicted octanol–water partition coefficient (Wildman–Crippen LogP) is 7.83. The van der Waals surface area contributed by atoms with Crippen LogP contribution < -0.4 is 9.47 Å². The molecule has 52 heavy (non-hydrogen) atoms. The maximum atomic E-state index is 11.0. The Morgan fingerprint density at radius 2 is 0.981 bits per heavy atom. The zero-order valence-corrected chi connectivity index (χ0v) is 28.8. The van der Waals surface area contributed by atoms with Crippen LogP contribution in [0.15, 0.2) is 130 Å². The first-order valence-corrected chi connectivity index (χ1v) is 18.0. The van der Waals surface area contributed by atoms with Crippen LogP contribution in [-0.4, -0.2) is 44.9 Å². The quantitative estimate of drug-likeness (QED) is 0.0971. The highest BCUT2D eigenvalue weighted by molar-refractivity contribution is 8.02. The lowest BCUT2D eigenvalue weighted by Gasteiger charge is -2.17. The molecule has 16 heteroatoms. The second-order valence-electron chi connectivity index (χ2n) is 11.8. The Kier molecular flexibility index (Phi) is 9.13. The van der Waals surface area contributed by atoms with Gasteiger partial charge in [-0.05, 0) is 83.6 Å². The first-order valence-electron chi connectivity index (χ1n) is 16.1. The lowest BCUT2D eigenvalue weighted by molar-refractivity contribution is -0.385. The number of ether oxygens (including phenoxy) is 4. The average molecular weight is 737 g/mol. The van der Waals surface area contributed by atoms with Crippen molar-refractivity contribution in [2.24, 2.45) is 10.2 Å². The molecule has 4 aliphatic rings. The Hall–Kier alpha value is -6.00. The summed E-state index contributed by atoms with van der Waals surface area (Å²) in [5.74, 6) is 3.48. The van der Waals surface area contributed by atoms with E-state index >= 15 is 0 Å². The largest absolute Gasteiger partial charge is 0.484 e. The minimum atomic E-state index is -0.417. The summed E-state index contributed by atoms with van der Waals surface area (Å²) in [4.78, 5) is 21.1. The van der Waals surface area contributed by atoms with Gasteiger partial charge in [-0.1, -0.05) is 47.8 Å². The average Bonchev–Trinajstić information content (AvgIpc) is 3.95. The van der Waals surface area contributed by atoms with Gasteiger partial charge in [-0.25, -0.2) is 10.0 Å². The highest BCUT2D eigenvalue weighted by Gasteiger charge is 2.37. The second-order valence-corrected chi connectivity index (χ2v) is 13.7. The summed E-state index contributed by atoms with van der Waals surface area (Å²) in [5, 5.41) is 38.1. The van der Waals surface area contributed by atoms with Crippen molar-refractivity contribution in [3.63, 3.8) is 0 Å². The number of hydrogen-bond acceptors (Lipinski definition) is 14. The molecule has 14 nitrogen and oxygen atoms in total. The van der Waals surface area contributed by atoms with Gasteiger partial charge in [0.2, 0.25) is 11.8 Å². The number of nitrogens with zero attached hydrogens (tertiary/aromatic N) is 6. The summed E-state index contributed by atoms with van der Waals surface area (Å²) in [6, 6.07) is 28.8. The van der Waals surface area contributed by atoms with E-state index in [-0.39, 0.29) is 35.3 Å². The fourth-order valence-corrected chi connectivity index (χ4v) is 7.69. The first-order chi connectivity index (χ1) is 25.4. The van der Waals surface area contributed by atoms with E-state index in [9.17, 15) is 20.2 Å². The first kappa shape index (κ1) is 33.2. The summed E-state index contributed by atoms with van der Waals surface area (Å²) in [7, 11) is 0. The Morgan fingerprint density at radius 3 is 1.35 bits per heavy atom. The highest BCUT2D eigenvalue weighted by Crippen LogP contribution is 2.46. The molecular formula is C36H28N6O8S2. The molecular weight excluding hydrogens is 709 g/mol. The van der Waals surface area contributed by atoms with E-state index in [1.165, 1.54) is 58.9 Å². The minimum absolute atomic E-state index is 0.0444. The lowest BCUT2D eigenvalue weighted by Crippen LogP contribution is -2.13. The number of non-ortho nitro benzene ring substituents is 2. The molecule has 0 saturated heterocycles. The van der Waals surface area contributed by atoms with E-state index in [1.54, 1.807) is 34.3 Å². The van der Waals surface area contributed by atoms with Crippen LogP contribution >= 0.6 is 23.5 Å². The van der Waals surface area contributed by atoms with Gasteiger partial charge in [0, 0.05) is 35.1 Å². The van der Waals surface area contributed by atoms with Gasteiger partial charge in [-0.15, -0.1) is 10.2 Å². The predicted molar refractivity (Wildman–Crippen MR) is 195 cm³/mol. The monoisotopic (exact) mass is 736 g/mol.